The van der Waals surface area contributed by atoms with Gasteiger partial charge in [0, 0.05) is 12.3 Å². The topological polar surface area (TPSA) is 26.3 Å². The van der Waals surface area contributed by atoms with Gasteiger partial charge in [-0.2, -0.15) is 0 Å². The third-order valence-electron chi connectivity index (χ3n) is 2.08. The Balaban J connectivity index is 2.46. The Morgan fingerprint density at radius 3 is 2.53 bits per heavy atom. The lowest BCUT2D eigenvalue weighted by Crippen LogP contribution is -2.07. The third kappa shape index (κ3) is 4.34. The van der Waals surface area contributed by atoms with Crippen LogP contribution in [0, 0.1) is 0 Å². The zero-order chi connectivity index (χ0) is 11.1. The summed E-state index contributed by atoms with van der Waals surface area (Å²) in [4.78, 5) is 11.2. The van der Waals surface area contributed by atoms with E-state index in [4.69, 9.17) is 16.3 Å². The minimum Gasteiger partial charge on any atom is -0.427 e. The Labute approximate surface area is 95.2 Å². The van der Waals surface area contributed by atoms with Crippen LogP contribution in [0.15, 0.2) is 24.3 Å². The Bertz CT molecular complexity index is 306. The van der Waals surface area contributed by atoms with Gasteiger partial charge in [0.05, 0.1) is 0 Å². The Hall–Kier alpha value is -1.02. The molecule has 0 saturated carbocycles. The van der Waals surface area contributed by atoms with E-state index < -0.39 is 0 Å². The van der Waals surface area contributed by atoms with Crippen LogP contribution in [0.1, 0.15) is 25.3 Å². The number of halogens is 1. The molecule has 0 atom stereocenters. The highest BCUT2D eigenvalue weighted by Gasteiger charge is 2.03. The van der Waals surface area contributed by atoms with Crippen molar-refractivity contribution in [3.8, 4) is 5.75 Å². The number of hydrogen-bond donors (Lipinski definition) is 0. The van der Waals surface area contributed by atoms with Crippen molar-refractivity contribution in [1.29, 1.82) is 0 Å². The summed E-state index contributed by atoms with van der Waals surface area (Å²) in [6.07, 6.45) is 2.02. The number of alkyl halides is 1. The molecular weight excluding hydrogens is 212 g/mol. The molecule has 3 heteroatoms. The van der Waals surface area contributed by atoms with Gasteiger partial charge in [-0.1, -0.05) is 19.1 Å². The minimum absolute atomic E-state index is 0.222. The molecule has 0 N–H and O–H groups in total. The van der Waals surface area contributed by atoms with Gasteiger partial charge in [-0.25, -0.2) is 0 Å². The van der Waals surface area contributed by atoms with E-state index in [2.05, 4.69) is 6.92 Å². The van der Waals surface area contributed by atoms with Crippen LogP contribution < -0.4 is 4.74 Å². The molecule has 0 heterocycles. The molecule has 2 nitrogen and oxygen atoms in total. The number of ether oxygens (including phenoxy) is 1. The second kappa shape index (κ2) is 6.46. The molecule has 1 aromatic rings. The second-order valence-electron chi connectivity index (χ2n) is 3.26. The van der Waals surface area contributed by atoms with E-state index in [0.717, 1.165) is 6.42 Å². The molecule has 0 radical (unpaired) electrons. The number of carbonyl (C=O) groups is 1. The maximum atomic E-state index is 11.2. The lowest BCUT2D eigenvalue weighted by atomic mass is 10.2. The predicted octanol–water partition coefficient (Wildman–Crippen LogP) is 3.17. The van der Waals surface area contributed by atoms with Gasteiger partial charge in [-0.05, 0) is 30.5 Å². The van der Waals surface area contributed by atoms with Crippen molar-refractivity contribution < 1.29 is 9.53 Å². The summed E-state index contributed by atoms with van der Waals surface area (Å²) < 4.78 is 5.12. The Morgan fingerprint density at radius 1 is 1.33 bits per heavy atom. The maximum Gasteiger partial charge on any atom is 0.311 e. The maximum absolute atomic E-state index is 11.2. The average molecular weight is 227 g/mol. The van der Waals surface area contributed by atoms with Crippen LogP contribution in [0.3, 0.4) is 0 Å². The zero-order valence-electron chi connectivity index (χ0n) is 8.83. The number of rotatable bonds is 5. The molecule has 0 unspecified atom stereocenters. The van der Waals surface area contributed by atoms with Crippen molar-refractivity contribution >= 4 is 17.6 Å². The first-order chi connectivity index (χ1) is 7.26. The van der Waals surface area contributed by atoms with Gasteiger partial charge in [0.15, 0.2) is 0 Å². The van der Waals surface area contributed by atoms with Crippen molar-refractivity contribution in [2.75, 3.05) is 5.88 Å². The van der Waals surface area contributed by atoms with Gasteiger partial charge >= 0.3 is 5.97 Å². The van der Waals surface area contributed by atoms with Gasteiger partial charge in [-0.15, -0.1) is 11.6 Å². The monoisotopic (exact) mass is 226 g/mol. The quantitative estimate of drug-likeness (QED) is 0.438. The second-order valence-corrected chi connectivity index (χ2v) is 3.64. The average Bonchev–Trinajstić information content (AvgIpc) is 2.27. The van der Waals surface area contributed by atoms with Crippen LogP contribution in [0.5, 0.6) is 5.75 Å². The molecule has 0 spiro atoms. The summed E-state index contributed by atoms with van der Waals surface area (Å²) in [5, 5.41) is 0. The molecule has 0 fully saturated rings. The minimum atomic E-state index is -0.222. The van der Waals surface area contributed by atoms with Gasteiger partial charge < -0.3 is 4.74 Å². The fourth-order valence-corrected chi connectivity index (χ4v) is 1.32. The van der Waals surface area contributed by atoms with Crippen LogP contribution >= 0.6 is 11.6 Å². The summed E-state index contributed by atoms with van der Waals surface area (Å²) in [6, 6.07) is 7.56. The van der Waals surface area contributed by atoms with E-state index in [-0.39, 0.29) is 5.97 Å². The Kier molecular flexibility index (Phi) is 5.19. The predicted molar refractivity (Wildman–Crippen MR) is 61.4 cm³/mol. The molecule has 1 aromatic carbocycles. The van der Waals surface area contributed by atoms with E-state index in [1.54, 1.807) is 0 Å². The normalized spacial score (nSPS) is 10.0. The van der Waals surface area contributed by atoms with Gasteiger partial charge in [-0.3, -0.25) is 4.79 Å². The van der Waals surface area contributed by atoms with Crippen molar-refractivity contribution in [3.05, 3.63) is 29.8 Å². The van der Waals surface area contributed by atoms with Crippen molar-refractivity contribution in [2.45, 2.75) is 26.2 Å². The number of carbonyl (C=O) groups excluding carboxylic acids is 1. The highest BCUT2D eigenvalue weighted by Crippen LogP contribution is 2.13. The molecule has 15 heavy (non-hydrogen) atoms. The van der Waals surface area contributed by atoms with E-state index in [9.17, 15) is 4.79 Å². The molecule has 0 amide bonds. The first-order valence-corrected chi connectivity index (χ1v) is 5.65. The fraction of sp³-hybridized carbons (Fsp3) is 0.417. The van der Waals surface area contributed by atoms with Crippen LogP contribution in [0.4, 0.5) is 0 Å². The summed E-state index contributed by atoms with van der Waals surface area (Å²) in [5.74, 6) is 0.871. The standard InChI is InChI=1S/C12H15ClO2/c1-2-10-5-7-11(8-6-10)15-12(14)4-3-9-13/h5-8H,2-4,9H2,1H3. The van der Waals surface area contributed by atoms with E-state index >= 15 is 0 Å². The van der Waals surface area contributed by atoms with Crippen LogP contribution in [-0.2, 0) is 11.2 Å². The zero-order valence-corrected chi connectivity index (χ0v) is 9.59. The lowest BCUT2D eigenvalue weighted by molar-refractivity contribution is -0.134. The summed E-state index contributed by atoms with van der Waals surface area (Å²) in [5.41, 5.74) is 1.23. The van der Waals surface area contributed by atoms with Crippen molar-refractivity contribution in [3.63, 3.8) is 0 Å². The molecule has 0 aliphatic rings. The SMILES string of the molecule is CCc1ccc(OC(=O)CCCCl)cc1. The van der Waals surface area contributed by atoms with Crippen molar-refractivity contribution in [2.24, 2.45) is 0 Å². The number of benzene rings is 1. The molecule has 1 rings (SSSR count). The van der Waals surface area contributed by atoms with Gasteiger partial charge in [0.25, 0.3) is 0 Å². The lowest BCUT2D eigenvalue weighted by Gasteiger charge is -2.04. The number of hydrogen-bond acceptors (Lipinski definition) is 2. The first kappa shape index (κ1) is 12.1. The van der Waals surface area contributed by atoms with E-state index in [0.29, 0.717) is 24.5 Å². The summed E-state index contributed by atoms with van der Waals surface area (Å²) in [7, 11) is 0. The number of esters is 1. The van der Waals surface area contributed by atoms with E-state index in [1.165, 1.54) is 5.56 Å². The Morgan fingerprint density at radius 2 is 2.00 bits per heavy atom. The number of aryl methyl sites for hydroxylation is 1. The van der Waals surface area contributed by atoms with Gasteiger partial charge in [0.1, 0.15) is 5.75 Å². The summed E-state index contributed by atoms with van der Waals surface area (Å²) >= 11 is 5.48. The van der Waals surface area contributed by atoms with Gasteiger partial charge in [0.2, 0.25) is 0 Å². The molecular formula is C12H15ClO2. The highest BCUT2D eigenvalue weighted by atomic mass is 35.5. The molecule has 0 saturated heterocycles. The molecule has 0 bridgehead atoms. The molecule has 0 aliphatic heterocycles. The van der Waals surface area contributed by atoms with Crippen LogP contribution in [-0.4, -0.2) is 11.8 Å². The molecule has 0 aromatic heterocycles. The highest BCUT2D eigenvalue weighted by molar-refractivity contribution is 6.17. The smallest absolute Gasteiger partial charge is 0.311 e. The largest absolute Gasteiger partial charge is 0.427 e. The van der Waals surface area contributed by atoms with Crippen LogP contribution in [0.25, 0.3) is 0 Å². The molecule has 0 aliphatic carbocycles. The fourth-order valence-electron chi connectivity index (χ4n) is 1.19. The molecule has 82 valence electrons. The third-order valence-corrected chi connectivity index (χ3v) is 2.35. The summed E-state index contributed by atoms with van der Waals surface area (Å²) in [6.45, 7) is 2.08. The van der Waals surface area contributed by atoms with E-state index in [1.807, 2.05) is 24.3 Å². The first-order valence-electron chi connectivity index (χ1n) is 5.12. The van der Waals surface area contributed by atoms with Crippen molar-refractivity contribution in [1.82, 2.24) is 0 Å². The van der Waals surface area contributed by atoms with Crippen LogP contribution in [0.2, 0.25) is 0 Å².